The first kappa shape index (κ1) is 19.2. The highest BCUT2D eigenvalue weighted by molar-refractivity contribution is 6.45. The second-order valence-electron chi connectivity index (χ2n) is 6.05. The first-order valence-electron chi connectivity index (χ1n) is 7.94. The van der Waals surface area contributed by atoms with Crippen LogP contribution in [0.1, 0.15) is 19.6 Å². The first-order valence-corrected chi connectivity index (χ1v) is 7.94. The monoisotopic (exact) mass is 364 g/mol. The third-order valence-electron chi connectivity index (χ3n) is 3.74. The van der Waals surface area contributed by atoms with Crippen molar-refractivity contribution in [3.05, 3.63) is 24.2 Å². The van der Waals surface area contributed by atoms with Gasteiger partial charge in [0.1, 0.15) is 12.3 Å². The molecule has 1 aromatic rings. The Morgan fingerprint density at radius 1 is 1.23 bits per heavy atom. The largest absolute Gasteiger partial charge is 0.467 e. The molecule has 0 radical (unpaired) electrons. The van der Waals surface area contributed by atoms with Gasteiger partial charge in [0, 0.05) is 13.1 Å². The van der Waals surface area contributed by atoms with Gasteiger partial charge in [0.2, 0.25) is 11.8 Å². The van der Waals surface area contributed by atoms with Crippen molar-refractivity contribution in [3.8, 4) is 0 Å². The van der Waals surface area contributed by atoms with E-state index in [1.165, 1.54) is 13.3 Å². The lowest BCUT2D eigenvalue weighted by Gasteiger charge is -2.21. The van der Waals surface area contributed by atoms with E-state index < -0.39 is 42.2 Å². The number of likely N-dealkylation sites (N-methyl/N-ethyl adjacent to an activating group) is 1. The molecule has 1 aliphatic heterocycles. The summed E-state index contributed by atoms with van der Waals surface area (Å²) in [6, 6.07) is 2.04. The maximum absolute atomic E-state index is 12.2. The summed E-state index contributed by atoms with van der Waals surface area (Å²) in [5.74, 6) is -2.52. The Morgan fingerprint density at radius 3 is 2.46 bits per heavy atom. The molecule has 1 aromatic heterocycles. The van der Waals surface area contributed by atoms with Crippen LogP contribution in [0.2, 0.25) is 0 Å². The zero-order valence-corrected chi connectivity index (χ0v) is 14.7. The van der Waals surface area contributed by atoms with Gasteiger partial charge >= 0.3 is 17.8 Å². The molecule has 1 saturated heterocycles. The fourth-order valence-electron chi connectivity index (χ4n) is 2.33. The highest BCUT2D eigenvalue weighted by Crippen LogP contribution is 2.15. The normalized spacial score (nSPS) is 14.4. The molecule has 0 aliphatic carbocycles. The van der Waals surface area contributed by atoms with Gasteiger partial charge < -0.3 is 14.6 Å². The second-order valence-corrected chi connectivity index (χ2v) is 6.05. The van der Waals surface area contributed by atoms with E-state index in [1.54, 1.807) is 26.0 Å². The number of furan rings is 1. The van der Waals surface area contributed by atoms with E-state index in [9.17, 15) is 24.0 Å². The van der Waals surface area contributed by atoms with Crippen LogP contribution in [0.3, 0.4) is 0 Å². The number of amides is 6. The number of nitrogens with zero attached hydrogens (tertiary/aromatic N) is 3. The Morgan fingerprint density at radius 2 is 1.92 bits per heavy atom. The Kier molecular flexibility index (Phi) is 5.75. The van der Waals surface area contributed by atoms with Gasteiger partial charge in [0.05, 0.1) is 19.4 Å². The summed E-state index contributed by atoms with van der Waals surface area (Å²) in [5, 5.41) is 2.57. The fourth-order valence-corrected chi connectivity index (χ4v) is 2.33. The van der Waals surface area contributed by atoms with Crippen LogP contribution < -0.4 is 5.32 Å². The number of hydrogen-bond acceptors (Lipinski definition) is 6. The number of nitrogens with one attached hydrogen (secondary N) is 1. The van der Waals surface area contributed by atoms with E-state index in [2.05, 4.69) is 5.32 Å². The molecule has 2 heterocycles. The lowest BCUT2D eigenvalue weighted by molar-refractivity contribution is -0.145. The molecule has 10 nitrogen and oxygen atoms in total. The number of hydrogen-bond donors (Lipinski definition) is 1. The minimum absolute atomic E-state index is 0.175. The van der Waals surface area contributed by atoms with Gasteiger partial charge in [-0.2, -0.15) is 0 Å². The van der Waals surface area contributed by atoms with E-state index >= 15 is 0 Å². The van der Waals surface area contributed by atoms with Crippen molar-refractivity contribution in [1.29, 1.82) is 0 Å². The predicted molar refractivity (Wildman–Crippen MR) is 87.3 cm³/mol. The van der Waals surface area contributed by atoms with Crippen molar-refractivity contribution in [2.24, 2.45) is 0 Å². The van der Waals surface area contributed by atoms with Crippen molar-refractivity contribution in [2.45, 2.75) is 26.4 Å². The number of urea groups is 1. The number of rotatable bonds is 7. The van der Waals surface area contributed by atoms with Crippen LogP contribution >= 0.6 is 0 Å². The second kappa shape index (κ2) is 7.81. The summed E-state index contributed by atoms with van der Waals surface area (Å²) in [6.45, 7) is 2.48. The summed E-state index contributed by atoms with van der Waals surface area (Å²) < 4.78 is 5.07. The van der Waals surface area contributed by atoms with E-state index in [1.807, 2.05) is 0 Å². The molecular formula is C16H20N4O6. The Bertz CT molecular complexity index is 727. The van der Waals surface area contributed by atoms with Gasteiger partial charge in [-0.1, -0.05) is 0 Å². The SMILES string of the molecule is CC(C)N1C(=O)C(=O)N(CC(=O)N(C)CC(=O)NCc2ccco2)C1=O. The molecule has 1 aliphatic rings. The topological polar surface area (TPSA) is 120 Å². The van der Waals surface area contributed by atoms with Gasteiger partial charge in [-0.3, -0.25) is 24.1 Å². The van der Waals surface area contributed by atoms with E-state index in [-0.39, 0.29) is 13.1 Å². The minimum Gasteiger partial charge on any atom is -0.467 e. The molecule has 0 atom stereocenters. The van der Waals surface area contributed by atoms with Crippen LogP contribution in [0.25, 0.3) is 0 Å². The zero-order valence-electron chi connectivity index (χ0n) is 14.7. The Hall–Kier alpha value is -3.17. The lowest BCUT2D eigenvalue weighted by Crippen LogP contribution is -2.45. The maximum atomic E-state index is 12.2. The molecule has 0 aromatic carbocycles. The molecule has 1 N–H and O–H groups in total. The van der Waals surface area contributed by atoms with Crippen LogP contribution in [0.5, 0.6) is 0 Å². The standard InChI is InChI=1S/C16H20N4O6/c1-10(2)20-15(24)14(23)19(16(20)25)9-13(22)18(3)8-12(21)17-7-11-5-4-6-26-11/h4-6,10H,7-9H2,1-3H3,(H,17,21). The van der Waals surface area contributed by atoms with Gasteiger partial charge in [0.15, 0.2) is 0 Å². The molecule has 0 bridgehead atoms. The molecule has 1 fully saturated rings. The number of carbonyl (C=O) groups is 5. The van der Waals surface area contributed by atoms with Crippen LogP contribution in [0.15, 0.2) is 22.8 Å². The minimum atomic E-state index is -1.05. The van der Waals surface area contributed by atoms with Crippen molar-refractivity contribution < 1.29 is 28.4 Å². The average molecular weight is 364 g/mol. The predicted octanol–water partition coefficient (Wildman–Crippen LogP) is -0.447. The third kappa shape index (κ3) is 4.08. The molecule has 2 rings (SSSR count). The highest BCUT2D eigenvalue weighted by atomic mass is 16.3. The van der Waals surface area contributed by atoms with Crippen LogP contribution in [-0.2, 0) is 25.7 Å². The molecule has 0 unspecified atom stereocenters. The summed E-state index contributed by atoms with van der Waals surface area (Å²) in [4.78, 5) is 62.3. The van der Waals surface area contributed by atoms with Crippen LogP contribution in [0.4, 0.5) is 4.79 Å². The van der Waals surface area contributed by atoms with Crippen molar-refractivity contribution in [2.75, 3.05) is 20.1 Å². The molecule has 0 saturated carbocycles. The number of imide groups is 2. The van der Waals surface area contributed by atoms with Crippen molar-refractivity contribution >= 4 is 29.7 Å². The van der Waals surface area contributed by atoms with E-state index in [4.69, 9.17) is 4.42 Å². The van der Waals surface area contributed by atoms with E-state index in [0.29, 0.717) is 10.7 Å². The Balaban J connectivity index is 1.88. The molecule has 140 valence electrons. The third-order valence-corrected chi connectivity index (χ3v) is 3.74. The smallest absolute Gasteiger partial charge is 0.334 e. The molecule has 0 spiro atoms. The van der Waals surface area contributed by atoms with Gasteiger partial charge in [-0.05, 0) is 26.0 Å². The molecular weight excluding hydrogens is 344 g/mol. The molecule has 26 heavy (non-hydrogen) atoms. The Labute approximate surface area is 149 Å². The lowest BCUT2D eigenvalue weighted by atomic mass is 10.3. The fraction of sp³-hybridized carbons (Fsp3) is 0.438. The summed E-state index contributed by atoms with van der Waals surface area (Å²) >= 11 is 0. The van der Waals surface area contributed by atoms with Crippen LogP contribution in [-0.4, -0.2) is 70.5 Å². The van der Waals surface area contributed by atoms with E-state index in [0.717, 1.165) is 9.80 Å². The van der Waals surface area contributed by atoms with Crippen molar-refractivity contribution in [3.63, 3.8) is 0 Å². The van der Waals surface area contributed by atoms with Crippen LogP contribution in [0, 0.1) is 0 Å². The molecule has 6 amide bonds. The maximum Gasteiger partial charge on any atom is 0.334 e. The van der Waals surface area contributed by atoms with Gasteiger partial charge in [-0.15, -0.1) is 0 Å². The average Bonchev–Trinajstić information content (AvgIpc) is 3.16. The summed E-state index contributed by atoms with van der Waals surface area (Å²) in [6.07, 6.45) is 1.48. The summed E-state index contributed by atoms with van der Waals surface area (Å²) in [7, 11) is 1.36. The summed E-state index contributed by atoms with van der Waals surface area (Å²) in [5.41, 5.74) is 0. The number of carbonyl (C=O) groups excluding carboxylic acids is 5. The van der Waals surface area contributed by atoms with Gasteiger partial charge in [-0.25, -0.2) is 9.69 Å². The van der Waals surface area contributed by atoms with Crippen molar-refractivity contribution in [1.82, 2.24) is 20.0 Å². The highest BCUT2D eigenvalue weighted by Gasteiger charge is 2.46. The zero-order chi connectivity index (χ0) is 19.4. The quantitative estimate of drug-likeness (QED) is 0.517. The van der Waals surface area contributed by atoms with Gasteiger partial charge in [0.25, 0.3) is 0 Å². The first-order chi connectivity index (χ1) is 12.2. The molecule has 10 heteroatoms.